The highest BCUT2D eigenvalue weighted by Crippen LogP contribution is 2.16. The first kappa shape index (κ1) is 62.6. The summed E-state index contributed by atoms with van der Waals surface area (Å²) in [6.45, 7) is 6.64. The summed E-state index contributed by atoms with van der Waals surface area (Å²) in [7, 11) is 0. The number of hydrogen-bond acceptors (Lipinski definition) is 6. The first-order valence-electron chi connectivity index (χ1n) is 28.5. The van der Waals surface area contributed by atoms with E-state index >= 15 is 0 Å². The van der Waals surface area contributed by atoms with E-state index in [4.69, 9.17) is 14.2 Å². The van der Waals surface area contributed by atoms with Gasteiger partial charge in [-0.1, -0.05) is 250 Å². The lowest BCUT2D eigenvalue weighted by atomic mass is 10.0. The largest absolute Gasteiger partial charge is 0.462 e. The molecule has 1 unspecified atom stereocenters. The van der Waals surface area contributed by atoms with Crippen LogP contribution in [0.5, 0.6) is 0 Å². The Bertz CT molecular complexity index is 1090. The molecule has 0 bridgehead atoms. The molecule has 0 aromatic carbocycles. The number of unbranched alkanes of at least 4 members (excludes halogenated alkanes) is 36. The van der Waals surface area contributed by atoms with Gasteiger partial charge >= 0.3 is 17.9 Å². The minimum atomic E-state index is -0.781. The summed E-state index contributed by atoms with van der Waals surface area (Å²) in [5.41, 5.74) is 0. The molecule has 6 heteroatoms. The zero-order valence-corrected chi connectivity index (χ0v) is 43.5. The second-order valence-electron chi connectivity index (χ2n) is 19.2. The Morgan fingerprint density at radius 3 is 0.877 bits per heavy atom. The van der Waals surface area contributed by atoms with E-state index in [0.29, 0.717) is 19.3 Å². The molecular weight excluding hydrogens is 805 g/mol. The number of ether oxygens (including phenoxy) is 3. The van der Waals surface area contributed by atoms with Crippen molar-refractivity contribution in [3.63, 3.8) is 0 Å². The molecule has 6 nitrogen and oxygen atoms in total. The third kappa shape index (κ3) is 52.5. The van der Waals surface area contributed by atoms with Crippen LogP contribution < -0.4 is 0 Å². The molecule has 0 radical (unpaired) electrons. The smallest absolute Gasteiger partial charge is 0.306 e. The van der Waals surface area contributed by atoms with Crippen LogP contribution in [0.1, 0.15) is 303 Å². The highest BCUT2D eigenvalue weighted by molar-refractivity contribution is 5.71. The number of carbonyl (C=O) groups excluding carboxylic acids is 3. The molecule has 0 aromatic rings. The molecule has 0 aliphatic rings. The fraction of sp³-hybridized carbons (Fsp3) is 0.847. The Kier molecular flexibility index (Phi) is 52.3. The maximum Gasteiger partial charge on any atom is 0.306 e. The van der Waals surface area contributed by atoms with Crippen molar-refractivity contribution < 1.29 is 28.6 Å². The first-order chi connectivity index (χ1) is 32.0. The average Bonchev–Trinajstić information content (AvgIpc) is 3.30. The molecule has 65 heavy (non-hydrogen) atoms. The maximum atomic E-state index is 12.8. The summed E-state index contributed by atoms with van der Waals surface area (Å²) >= 11 is 0. The van der Waals surface area contributed by atoms with Gasteiger partial charge in [0.05, 0.1) is 0 Å². The third-order valence-corrected chi connectivity index (χ3v) is 12.6. The molecule has 380 valence electrons. The van der Waals surface area contributed by atoms with Gasteiger partial charge in [-0.25, -0.2) is 0 Å². The van der Waals surface area contributed by atoms with Gasteiger partial charge in [-0.3, -0.25) is 14.4 Å². The Morgan fingerprint density at radius 1 is 0.308 bits per heavy atom. The Hall–Kier alpha value is -2.37. The molecule has 0 heterocycles. The number of allylic oxidation sites excluding steroid dienone is 6. The predicted octanol–water partition coefficient (Wildman–Crippen LogP) is 18.9. The second kappa shape index (κ2) is 54.2. The third-order valence-electron chi connectivity index (χ3n) is 12.6. The van der Waals surface area contributed by atoms with Gasteiger partial charge in [-0.05, 0) is 70.6 Å². The van der Waals surface area contributed by atoms with Gasteiger partial charge in [0.15, 0.2) is 6.10 Å². The summed E-state index contributed by atoms with van der Waals surface area (Å²) in [5.74, 6) is -0.895. The molecule has 0 rings (SSSR count). The monoisotopic (exact) mass is 913 g/mol. The highest BCUT2D eigenvalue weighted by atomic mass is 16.6. The van der Waals surface area contributed by atoms with Gasteiger partial charge in [0, 0.05) is 19.3 Å². The number of esters is 3. The molecule has 0 amide bonds. The molecule has 0 aliphatic heterocycles. The van der Waals surface area contributed by atoms with Gasteiger partial charge in [-0.15, -0.1) is 0 Å². The van der Waals surface area contributed by atoms with E-state index in [0.717, 1.165) is 89.9 Å². The SMILES string of the molecule is CCCCCCCC/C=C\CCCCCC(=O)OCC(COC(=O)CCCCCCC/C=C\C=C/CCCCCCCCC)OC(=O)CCCCCCCCCCCCCCCCCC. The molecule has 0 spiro atoms. The van der Waals surface area contributed by atoms with E-state index in [9.17, 15) is 14.4 Å². The van der Waals surface area contributed by atoms with Gasteiger partial charge < -0.3 is 14.2 Å². The molecular formula is C59H108O6. The molecule has 0 aliphatic carbocycles. The van der Waals surface area contributed by atoms with E-state index < -0.39 is 6.10 Å². The Morgan fingerprint density at radius 2 is 0.554 bits per heavy atom. The van der Waals surface area contributed by atoms with E-state index in [1.165, 1.54) is 173 Å². The topological polar surface area (TPSA) is 78.9 Å². The summed E-state index contributed by atoms with van der Waals surface area (Å²) in [4.78, 5) is 38.1. The maximum absolute atomic E-state index is 12.8. The van der Waals surface area contributed by atoms with E-state index in [2.05, 4.69) is 57.2 Å². The van der Waals surface area contributed by atoms with Crippen molar-refractivity contribution in [3.8, 4) is 0 Å². The van der Waals surface area contributed by atoms with Crippen molar-refractivity contribution in [1.29, 1.82) is 0 Å². The lowest BCUT2D eigenvalue weighted by Gasteiger charge is -2.18. The zero-order valence-electron chi connectivity index (χ0n) is 43.5. The van der Waals surface area contributed by atoms with Gasteiger partial charge in [0.1, 0.15) is 13.2 Å². The molecule has 0 fully saturated rings. The van der Waals surface area contributed by atoms with Crippen LogP contribution in [0.15, 0.2) is 36.5 Å². The number of rotatable bonds is 52. The summed E-state index contributed by atoms with van der Waals surface area (Å²) in [5, 5.41) is 0. The fourth-order valence-corrected chi connectivity index (χ4v) is 8.31. The van der Waals surface area contributed by atoms with Crippen molar-refractivity contribution in [2.24, 2.45) is 0 Å². The van der Waals surface area contributed by atoms with Crippen LogP contribution in [0.2, 0.25) is 0 Å². The zero-order chi connectivity index (χ0) is 47.2. The minimum absolute atomic E-state index is 0.0816. The van der Waals surface area contributed by atoms with Crippen LogP contribution in [0.25, 0.3) is 0 Å². The standard InChI is InChI=1S/C59H108O6/c1-4-7-10-13-16-19-22-25-27-29-30-32-34-37-40-43-46-49-52-58(61)64-55-56(54-63-57(60)51-48-45-42-39-36-33-24-21-18-15-12-9-6-3)65-59(62)53-50-47-44-41-38-35-31-28-26-23-20-17-14-11-8-5-2/h27,29-30,32-33,36,56H,4-26,28,31,34-35,37-55H2,1-3H3/b29-27-,32-30-,36-33-. The van der Waals surface area contributed by atoms with Gasteiger partial charge in [0.25, 0.3) is 0 Å². The molecule has 0 saturated heterocycles. The average molecular weight is 914 g/mol. The van der Waals surface area contributed by atoms with Crippen molar-refractivity contribution >= 4 is 17.9 Å². The number of hydrogen-bond donors (Lipinski definition) is 0. The highest BCUT2D eigenvalue weighted by Gasteiger charge is 2.19. The van der Waals surface area contributed by atoms with E-state index in [-0.39, 0.29) is 31.1 Å². The molecule has 0 aromatic heterocycles. The van der Waals surface area contributed by atoms with Crippen molar-refractivity contribution in [2.75, 3.05) is 13.2 Å². The molecule has 0 N–H and O–H groups in total. The Balaban J connectivity index is 4.37. The van der Waals surface area contributed by atoms with Crippen molar-refractivity contribution in [2.45, 2.75) is 309 Å². The van der Waals surface area contributed by atoms with Crippen LogP contribution in [-0.4, -0.2) is 37.2 Å². The van der Waals surface area contributed by atoms with Crippen LogP contribution >= 0.6 is 0 Å². The lowest BCUT2D eigenvalue weighted by Crippen LogP contribution is -2.30. The van der Waals surface area contributed by atoms with Crippen molar-refractivity contribution in [1.82, 2.24) is 0 Å². The normalized spacial score (nSPS) is 12.2. The second-order valence-corrected chi connectivity index (χ2v) is 19.2. The van der Waals surface area contributed by atoms with Crippen LogP contribution in [-0.2, 0) is 28.6 Å². The quantitative estimate of drug-likeness (QED) is 0.0199. The first-order valence-corrected chi connectivity index (χ1v) is 28.5. The fourth-order valence-electron chi connectivity index (χ4n) is 8.31. The van der Waals surface area contributed by atoms with Gasteiger partial charge in [-0.2, -0.15) is 0 Å². The van der Waals surface area contributed by atoms with E-state index in [1.807, 2.05) is 0 Å². The summed E-state index contributed by atoms with van der Waals surface area (Å²) < 4.78 is 16.8. The van der Waals surface area contributed by atoms with Crippen molar-refractivity contribution in [3.05, 3.63) is 36.5 Å². The van der Waals surface area contributed by atoms with Crippen LogP contribution in [0.3, 0.4) is 0 Å². The van der Waals surface area contributed by atoms with E-state index in [1.54, 1.807) is 0 Å². The van der Waals surface area contributed by atoms with Crippen LogP contribution in [0, 0.1) is 0 Å². The van der Waals surface area contributed by atoms with Crippen LogP contribution in [0.4, 0.5) is 0 Å². The molecule has 1 atom stereocenters. The molecule has 0 saturated carbocycles. The predicted molar refractivity (Wildman–Crippen MR) is 279 cm³/mol. The summed E-state index contributed by atoms with van der Waals surface area (Å²) in [6, 6.07) is 0. The lowest BCUT2D eigenvalue weighted by molar-refractivity contribution is -0.167. The number of carbonyl (C=O) groups is 3. The summed E-state index contributed by atoms with van der Waals surface area (Å²) in [6.07, 6.45) is 64.2. The van der Waals surface area contributed by atoms with Gasteiger partial charge in [0.2, 0.25) is 0 Å². The minimum Gasteiger partial charge on any atom is -0.462 e. The Labute approximate surface area is 404 Å².